The SMILES string of the molecule is COc1cc(CNC(=O)CC(C)C2CCCNC2)ccc1OCCC(C)C. The first kappa shape index (κ1) is 21.5. The molecule has 5 nitrogen and oxygen atoms in total. The van der Waals surface area contributed by atoms with Crippen LogP contribution in [0, 0.1) is 17.8 Å². The van der Waals surface area contributed by atoms with Gasteiger partial charge in [0.05, 0.1) is 13.7 Å². The molecule has 2 atom stereocenters. The zero-order valence-corrected chi connectivity index (χ0v) is 17.3. The Kier molecular flexibility index (Phi) is 8.92. The summed E-state index contributed by atoms with van der Waals surface area (Å²) < 4.78 is 11.3. The molecule has 1 fully saturated rings. The van der Waals surface area contributed by atoms with E-state index in [0.717, 1.165) is 30.8 Å². The van der Waals surface area contributed by atoms with E-state index >= 15 is 0 Å². The van der Waals surface area contributed by atoms with Gasteiger partial charge in [0.15, 0.2) is 11.5 Å². The lowest BCUT2D eigenvalue weighted by molar-refractivity contribution is -0.122. The number of carbonyl (C=O) groups excluding carboxylic acids is 1. The van der Waals surface area contributed by atoms with Crippen molar-refractivity contribution in [3.8, 4) is 11.5 Å². The van der Waals surface area contributed by atoms with Gasteiger partial charge in [-0.1, -0.05) is 26.8 Å². The van der Waals surface area contributed by atoms with Crippen molar-refractivity contribution in [2.45, 2.75) is 53.0 Å². The molecule has 0 aromatic heterocycles. The number of hydrogen-bond acceptors (Lipinski definition) is 4. The molecule has 1 aliphatic heterocycles. The summed E-state index contributed by atoms with van der Waals surface area (Å²) in [5.41, 5.74) is 1.02. The van der Waals surface area contributed by atoms with E-state index in [-0.39, 0.29) is 5.91 Å². The Morgan fingerprint density at radius 3 is 2.78 bits per heavy atom. The summed E-state index contributed by atoms with van der Waals surface area (Å²) in [4.78, 5) is 12.3. The zero-order chi connectivity index (χ0) is 19.6. The first-order chi connectivity index (χ1) is 13.0. The fourth-order valence-electron chi connectivity index (χ4n) is 3.44. The van der Waals surface area contributed by atoms with Crippen molar-refractivity contribution in [3.05, 3.63) is 23.8 Å². The average Bonchev–Trinajstić information content (AvgIpc) is 2.67. The van der Waals surface area contributed by atoms with E-state index in [2.05, 4.69) is 31.4 Å². The molecule has 5 heteroatoms. The van der Waals surface area contributed by atoms with Crippen LogP contribution >= 0.6 is 0 Å². The predicted molar refractivity (Wildman–Crippen MR) is 109 cm³/mol. The van der Waals surface area contributed by atoms with E-state index in [1.54, 1.807) is 7.11 Å². The second kappa shape index (κ2) is 11.2. The summed E-state index contributed by atoms with van der Waals surface area (Å²) in [6.45, 7) is 9.87. The first-order valence-electron chi connectivity index (χ1n) is 10.3. The standard InChI is InChI=1S/C22H36N2O3/c1-16(2)9-11-27-20-8-7-18(13-21(20)26-4)14-24-22(25)12-17(3)19-6-5-10-23-15-19/h7-8,13,16-17,19,23H,5-6,9-12,14-15H2,1-4H3,(H,24,25). The van der Waals surface area contributed by atoms with Crippen LogP contribution in [0.1, 0.15) is 52.0 Å². The Morgan fingerprint density at radius 1 is 1.30 bits per heavy atom. The minimum absolute atomic E-state index is 0.115. The molecule has 0 radical (unpaired) electrons. The number of ether oxygens (including phenoxy) is 2. The topological polar surface area (TPSA) is 59.6 Å². The van der Waals surface area contributed by atoms with Crippen molar-refractivity contribution in [2.75, 3.05) is 26.8 Å². The second-order valence-corrected chi connectivity index (χ2v) is 8.08. The Hall–Kier alpha value is -1.75. The lowest BCUT2D eigenvalue weighted by atomic mass is 9.85. The maximum absolute atomic E-state index is 12.3. The molecule has 2 N–H and O–H groups in total. The quantitative estimate of drug-likeness (QED) is 0.653. The molecule has 2 rings (SSSR count). The third kappa shape index (κ3) is 7.41. The summed E-state index contributed by atoms with van der Waals surface area (Å²) in [5, 5.41) is 6.47. The van der Waals surface area contributed by atoms with E-state index < -0.39 is 0 Å². The fraction of sp³-hybridized carbons (Fsp3) is 0.682. The fourth-order valence-corrected chi connectivity index (χ4v) is 3.44. The number of carbonyl (C=O) groups is 1. The minimum atomic E-state index is 0.115. The van der Waals surface area contributed by atoms with Crippen molar-refractivity contribution >= 4 is 5.91 Å². The highest BCUT2D eigenvalue weighted by Gasteiger charge is 2.21. The van der Waals surface area contributed by atoms with Gasteiger partial charge in [0, 0.05) is 13.0 Å². The Morgan fingerprint density at radius 2 is 2.11 bits per heavy atom. The molecule has 0 bridgehead atoms. The van der Waals surface area contributed by atoms with Crippen LogP contribution in [0.25, 0.3) is 0 Å². The molecule has 1 heterocycles. The van der Waals surface area contributed by atoms with Crippen LogP contribution in [-0.4, -0.2) is 32.7 Å². The molecule has 0 aliphatic carbocycles. The number of amides is 1. The van der Waals surface area contributed by atoms with Gasteiger partial charge in [-0.05, 0) is 67.8 Å². The highest BCUT2D eigenvalue weighted by atomic mass is 16.5. The monoisotopic (exact) mass is 376 g/mol. The molecule has 1 aliphatic rings. The smallest absolute Gasteiger partial charge is 0.220 e. The number of nitrogens with one attached hydrogen (secondary N) is 2. The Balaban J connectivity index is 1.81. The molecule has 1 saturated heterocycles. The third-order valence-corrected chi connectivity index (χ3v) is 5.32. The molecular weight excluding hydrogens is 340 g/mol. The van der Waals surface area contributed by atoms with Crippen molar-refractivity contribution in [3.63, 3.8) is 0 Å². The van der Waals surface area contributed by atoms with Crippen LogP contribution in [0.3, 0.4) is 0 Å². The molecule has 1 aromatic carbocycles. The highest BCUT2D eigenvalue weighted by molar-refractivity contribution is 5.76. The number of hydrogen-bond donors (Lipinski definition) is 2. The predicted octanol–water partition coefficient (Wildman–Crippen LogP) is 3.76. The number of piperidine rings is 1. The van der Waals surface area contributed by atoms with Gasteiger partial charge in [0.25, 0.3) is 0 Å². The van der Waals surface area contributed by atoms with Crippen molar-refractivity contribution in [1.82, 2.24) is 10.6 Å². The lowest BCUT2D eigenvalue weighted by Crippen LogP contribution is -2.35. The van der Waals surface area contributed by atoms with Crippen LogP contribution in [0.2, 0.25) is 0 Å². The summed E-state index contributed by atoms with van der Waals surface area (Å²) in [6.07, 6.45) is 4.02. The number of benzene rings is 1. The van der Waals surface area contributed by atoms with Crippen LogP contribution < -0.4 is 20.1 Å². The normalized spacial score (nSPS) is 18.2. The van der Waals surface area contributed by atoms with Crippen molar-refractivity contribution in [1.29, 1.82) is 0 Å². The molecule has 2 unspecified atom stereocenters. The van der Waals surface area contributed by atoms with E-state index in [1.807, 2.05) is 18.2 Å². The molecule has 27 heavy (non-hydrogen) atoms. The molecule has 0 saturated carbocycles. The second-order valence-electron chi connectivity index (χ2n) is 8.08. The van der Waals surface area contributed by atoms with Crippen LogP contribution in [-0.2, 0) is 11.3 Å². The Labute approximate surface area is 164 Å². The number of rotatable bonds is 10. The van der Waals surface area contributed by atoms with Gasteiger partial charge in [0.2, 0.25) is 5.91 Å². The maximum Gasteiger partial charge on any atom is 0.220 e. The zero-order valence-electron chi connectivity index (χ0n) is 17.3. The molecule has 1 aromatic rings. The van der Waals surface area contributed by atoms with Gasteiger partial charge < -0.3 is 20.1 Å². The van der Waals surface area contributed by atoms with Gasteiger partial charge in [-0.15, -0.1) is 0 Å². The first-order valence-corrected chi connectivity index (χ1v) is 10.3. The Bertz CT molecular complexity index is 583. The summed E-state index contributed by atoms with van der Waals surface area (Å²) in [5.74, 6) is 3.20. The minimum Gasteiger partial charge on any atom is -0.493 e. The highest BCUT2D eigenvalue weighted by Crippen LogP contribution is 2.28. The number of methoxy groups -OCH3 is 1. The average molecular weight is 377 g/mol. The van der Waals surface area contributed by atoms with Gasteiger partial charge in [-0.2, -0.15) is 0 Å². The van der Waals surface area contributed by atoms with Gasteiger partial charge in [0.1, 0.15) is 0 Å². The lowest BCUT2D eigenvalue weighted by Gasteiger charge is -2.28. The molecule has 1 amide bonds. The van der Waals surface area contributed by atoms with Crippen molar-refractivity contribution < 1.29 is 14.3 Å². The third-order valence-electron chi connectivity index (χ3n) is 5.32. The van der Waals surface area contributed by atoms with Crippen LogP contribution in [0.15, 0.2) is 18.2 Å². The molecular formula is C22H36N2O3. The van der Waals surface area contributed by atoms with Gasteiger partial charge >= 0.3 is 0 Å². The van der Waals surface area contributed by atoms with E-state index in [4.69, 9.17) is 9.47 Å². The van der Waals surface area contributed by atoms with Crippen molar-refractivity contribution in [2.24, 2.45) is 17.8 Å². The van der Waals surface area contributed by atoms with Crippen LogP contribution in [0.5, 0.6) is 11.5 Å². The van der Waals surface area contributed by atoms with E-state index in [1.165, 1.54) is 12.8 Å². The van der Waals surface area contributed by atoms with Crippen LogP contribution in [0.4, 0.5) is 0 Å². The van der Waals surface area contributed by atoms with E-state index in [0.29, 0.717) is 43.1 Å². The largest absolute Gasteiger partial charge is 0.493 e. The summed E-state index contributed by atoms with van der Waals surface area (Å²) in [6, 6.07) is 5.86. The molecule has 0 spiro atoms. The maximum atomic E-state index is 12.3. The van der Waals surface area contributed by atoms with Gasteiger partial charge in [-0.25, -0.2) is 0 Å². The van der Waals surface area contributed by atoms with E-state index in [9.17, 15) is 4.79 Å². The molecule has 152 valence electrons. The summed E-state index contributed by atoms with van der Waals surface area (Å²) >= 11 is 0. The summed E-state index contributed by atoms with van der Waals surface area (Å²) in [7, 11) is 1.65. The van der Waals surface area contributed by atoms with Gasteiger partial charge in [-0.3, -0.25) is 4.79 Å².